The molecule has 1 aromatic rings. The van der Waals surface area contributed by atoms with E-state index in [2.05, 4.69) is 34.1 Å². The first kappa shape index (κ1) is 18.7. The molecular formula is C18H28N4OS2. The number of hydrogen-bond acceptors (Lipinski definition) is 6. The van der Waals surface area contributed by atoms with Crippen molar-refractivity contribution in [1.82, 2.24) is 9.97 Å². The highest BCUT2D eigenvalue weighted by atomic mass is 32.2. The molecule has 1 aromatic heterocycles. The van der Waals surface area contributed by atoms with E-state index in [-0.39, 0.29) is 0 Å². The van der Waals surface area contributed by atoms with Crippen molar-refractivity contribution in [3.05, 3.63) is 23.7 Å². The minimum atomic E-state index is -2.41. The molecular weight excluding hydrogens is 352 g/mol. The lowest BCUT2D eigenvalue weighted by Crippen LogP contribution is -2.37. The van der Waals surface area contributed by atoms with Crippen LogP contribution >= 0.6 is 11.8 Å². The summed E-state index contributed by atoms with van der Waals surface area (Å²) in [6, 6.07) is 0.470. The average molecular weight is 381 g/mol. The third-order valence-corrected chi connectivity index (χ3v) is 8.11. The van der Waals surface area contributed by atoms with Gasteiger partial charge in [0.1, 0.15) is 12.1 Å². The average Bonchev–Trinajstić information content (AvgIpc) is 3.08. The molecule has 1 saturated carbocycles. The van der Waals surface area contributed by atoms with Gasteiger partial charge in [0.25, 0.3) is 0 Å². The van der Waals surface area contributed by atoms with Gasteiger partial charge in [-0.15, -0.1) is 0 Å². The first-order chi connectivity index (χ1) is 12.0. The van der Waals surface area contributed by atoms with Gasteiger partial charge in [0, 0.05) is 52.1 Å². The Kier molecular flexibility index (Phi) is 6.04. The van der Waals surface area contributed by atoms with E-state index in [0.717, 1.165) is 49.4 Å². The fraction of sp³-hybridized carbons (Fsp3) is 0.667. The standard InChI is InChI=1S/C18H28N4OS2/c1-22(18-16-4-3-5-17(16)20-13-21-18)15-8-6-14(7-9-15)12-25(19,23)11-10-24-2/h3-4,13-15,19H,5-12H2,1-2H3. The number of rotatable bonds is 7. The maximum absolute atomic E-state index is 12.4. The molecule has 0 radical (unpaired) electrons. The number of anilines is 1. The Morgan fingerprint density at radius 3 is 2.80 bits per heavy atom. The number of aromatic nitrogens is 2. The molecule has 2 aliphatic rings. The third kappa shape index (κ3) is 4.56. The molecule has 0 aromatic carbocycles. The van der Waals surface area contributed by atoms with Crippen LogP contribution in [0.25, 0.3) is 6.08 Å². The summed E-state index contributed by atoms with van der Waals surface area (Å²) >= 11 is 1.68. The van der Waals surface area contributed by atoms with Gasteiger partial charge < -0.3 is 4.90 Å². The Morgan fingerprint density at radius 2 is 2.08 bits per heavy atom. The molecule has 0 bridgehead atoms. The Balaban J connectivity index is 1.58. The normalized spacial score (nSPS) is 24.7. The second-order valence-corrected chi connectivity index (χ2v) is 10.5. The van der Waals surface area contributed by atoms with Crippen molar-refractivity contribution in [2.45, 2.75) is 38.1 Å². The van der Waals surface area contributed by atoms with Crippen LogP contribution in [0.4, 0.5) is 5.82 Å². The van der Waals surface area contributed by atoms with E-state index in [4.69, 9.17) is 4.78 Å². The van der Waals surface area contributed by atoms with Crippen LogP contribution in [0.1, 0.15) is 36.9 Å². The Labute approximate surface area is 155 Å². The van der Waals surface area contributed by atoms with Gasteiger partial charge in [-0.2, -0.15) is 11.8 Å². The van der Waals surface area contributed by atoms with E-state index >= 15 is 0 Å². The molecule has 0 spiro atoms. The Morgan fingerprint density at radius 1 is 1.32 bits per heavy atom. The number of nitrogens with zero attached hydrogens (tertiary/aromatic N) is 3. The van der Waals surface area contributed by atoms with E-state index in [0.29, 0.717) is 23.5 Å². The van der Waals surface area contributed by atoms with Crippen LogP contribution in [0.3, 0.4) is 0 Å². The van der Waals surface area contributed by atoms with Crippen LogP contribution in [0, 0.1) is 10.7 Å². The lowest BCUT2D eigenvalue weighted by Gasteiger charge is -2.36. The van der Waals surface area contributed by atoms with Gasteiger partial charge in [0.15, 0.2) is 0 Å². The van der Waals surface area contributed by atoms with Gasteiger partial charge in [-0.1, -0.05) is 12.2 Å². The topological polar surface area (TPSA) is 69.9 Å². The van der Waals surface area contributed by atoms with Gasteiger partial charge in [-0.05, 0) is 37.9 Å². The van der Waals surface area contributed by atoms with Crippen molar-refractivity contribution >= 4 is 33.4 Å². The van der Waals surface area contributed by atoms with E-state index in [9.17, 15) is 4.21 Å². The van der Waals surface area contributed by atoms with Crippen LogP contribution in [0.2, 0.25) is 0 Å². The largest absolute Gasteiger partial charge is 0.356 e. The highest BCUT2D eigenvalue weighted by molar-refractivity contribution is 8.00. The van der Waals surface area contributed by atoms with Gasteiger partial charge in [-0.25, -0.2) is 14.2 Å². The molecule has 1 N–H and O–H groups in total. The SMILES string of the molecule is CSCCS(=N)(=O)CC1CCC(N(C)c2ncnc3c2C=CC3)CC1. The molecule has 0 aliphatic heterocycles. The molecule has 7 heteroatoms. The zero-order valence-electron chi connectivity index (χ0n) is 15.1. The second-order valence-electron chi connectivity index (χ2n) is 7.13. The predicted octanol–water partition coefficient (Wildman–Crippen LogP) is 3.45. The lowest BCUT2D eigenvalue weighted by molar-refractivity contribution is 0.342. The summed E-state index contributed by atoms with van der Waals surface area (Å²) in [5, 5.41) is 0. The predicted molar refractivity (Wildman–Crippen MR) is 108 cm³/mol. The molecule has 0 saturated heterocycles. The van der Waals surface area contributed by atoms with Crippen molar-refractivity contribution in [3.63, 3.8) is 0 Å². The lowest BCUT2D eigenvalue weighted by atomic mass is 9.86. The van der Waals surface area contributed by atoms with Crippen molar-refractivity contribution in [2.24, 2.45) is 5.92 Å². The minimum Gasteiger partial charge on any atom is -0.356 e. The molecule has 3 rings (SSSR count). The smallest absolute Gasteiger partial charge is 0.139 e. The van der Waals surface area contributed by atoms with E-state index < -0.39 is 9.73 Å². The highest BCUT2D eigenvalue weighted by Gasteiger charge is 2.28. The minimum absolute atomic E-state index is 0.438. The monoisotopic (exact) mass is 380 g/mol. The number of allylic oxidation sites excluding steroid dienone is 1. The Hall–Kier alpha value is -1.08. The first-order valence-corrected chi connectivity index (χ1v) is 12.3. The molecule has 138 valence electrons. The van der Waals surface area contributed by atoms with Gasteiger partial charge >= 0.3 is 0 Å². The summed E-state index contributed by atoms with van der Waals surface area (Å²) in [5.41, 5.74) is 2.28. The maximum Gasteiger partial charge on any atom is 0.139 e. The number of thioether (sulfide) groups is 1. The first-order valence-electron chi connectivity index (χ1n) is 8.96. The van der Waals surface area contributed by atoms with Crippen molar-refractivity contribution in [3.8, 4) is 0 Å². The third-order valence-electron chi connectivity index (χ3n) is 5.36. The van der Waals surface area contributed by atoms with E-state index in [1.165, 1.54) is 5.56 Å². The molecule has 5 nitrogen and oxygen atoms in total. The van der Waals surface area contributed by atoms with Crippen LogP contribution in [-0.4, -0.2) is 50.8 Å². The van der Waals surface area contributed by atoms with E-state index in [1.807, 2.05) is 6.26 Å². The Bertz CT molecular complexity index is 725. The quantitative estimate of drug-likeness (QED) is 0.784. The van der Waals surface area contributed by atoms with Crippen molar-refractivity contribution < 1.29 is 4.21 Å². The molecule has 1 atom stereocenters. The number of fused-ring (bicyclic) bond motifs is 1. The summed E-state index contributed by atoms with van der Waals surface area (Å²) in [5.74, 6) is 3.41. The molecule has 1 fully saturated rings. The summed E-state index contributed by atoms with van der Waals surface area (Å²) in [4.78, 5) is 11.2. The zero-order chi connectivity index (χ0) is 17.9. The molecule has 2 aliphatic carbocycles. The van der Waals surface area contributed by atoms with E-state index in [1.54, 1.807) is 18.1 Å². The van der Waals surface area contributed by atoms with Crippen LogP contribution < -0.4 is 4.90 Å². The summed E-state index contributed by atoms with van der Waals surface area (Å²) in [6.45, 7) is 0. The summed E-state index contributed by atoms with van der Waals surface area (Å²) < 4.78 is 20.5. The zero-order valence-corrected chi connectivity index (χ0v) is 16.7. The second kappa shape index (κ2) is 8.08. The van der Waals surface area contributed by atoms with Gasteiger partial charge in [-0.3, -0.25) is 4.78 Å². The molecule has 0 amide bonds. The van der Waals surface area contributed by atoms with Gasteiger partial charge in [0.05, 0.1) is 5.69 Å². The number of hydrogen-bond donors (Lipinski definition) is 1. The van der Waals surface area contributed by atoms with Crippen LogP contribution in [-0.2, 0) is 16.1 Å². The van der Waals surface area contributed by atoms with Crippen LogP contribution in [0.5, 0.6) is 0 Å². The molecule has 1 heterocycles. The summed E-state index contributed by atoms with van der Waals surface area (Å²) in [7, 11) is -0.275. The fourth-order valence-corrected chi connectivity index (χ4v) is 6.88. The van der Waals surface area contributed by atoms with Crippen molar-refractivity contribution in [2.75, 3.05) is 35.5 Å². The van der Waals surface area contributed by atoms with Crippen LogP contribution in [0.15, 0.2) is 12.4 Å². The van der Waals surface area contributed by atoms with Crippen molar-refractivity contribution in [1.29, 1.82) is 4.78 Å². The molecule has 25 heavy (non-hydrogen) atoms. The van der Waals surface area contributed by atoms with Gasteiger partial charge in [0.2, 0.25) is 0 Å². The highest BCUT2D eigenvalue weighted by Crippen LogP contribution is 2.33. The fourth-order valence-electron chi connectivity index (χ4n) is 3.88. The summed E-state index contributed by atoms with van der Waals surface area (Å²) in [6.07, 6.45) is 13.2. The number of nitrogens with one attached hydrogen (secondary N) is 1. The maximum atomic E-state index is 12.4. The molecule has 1 unspecified atom stereocenters.